The van der Waals surface area contributed by atoms with Crippen molar-refractivity contribution in [3.05, 3.63) is 22.7 Å². The number of ether oxygens (including phenoxy) is 1. The molecule has 26 heavy (non-hydrogen) atoms. The molecule has 2 aromatic heterocycles. The lowest BCUT2D eigenvalue weighted by molar-refractivity contribution is -0.327. The topological polar surface area (TPSA) is 99.2 Å². The summed E-state index contributed by atoms with van der Waals surface area (Å²) in [7, 11) is 0. The van der Waals surface area contributed by atoms with Gasteiger partial charge in [-0.25, -0.2) is 14.6 Å². The van der Waals surface area contributed by atoms with Crippen molar-refractivity contribution in [1.82, 2.24) is 24.6 Å². The molecule has 0 aliphatic carbocycles. The zero-order valence-electron chi connectivity index (χ0n) is 13.3. The normalized spacial score (nSPS) is 20.7. The average molecular weight is 482 g/mol. The summed E-state index contributed by atoms with van der Waals surface area (Å²) >= 11 is 1.99. The number of anilines is 1. The molecule has 0 bridgehead atoms. The Hall–Kier alpha value is -1.96. The number of likely N-dealkylation sites (tertiary alicyclic amines) is 1. The van der Waals surface area contributed by atoms with E-state index in [0.29, 0.717) is 14.7 Å². The Balaban J connectivity index is 1.91. The molecule has 0 aromatic carbocycles. The highest BCUT2D eigenvalue weighted by molar-refractivity contribution is 14.1. The van der Waals surface area contributed by atoms with Crippen LogP contribution in [0.1, 0.15) is 12.5 Å². The van der Waals surface area contributed by atoms with Crippen molar-refractivity contribution in [2.24, 2.45) is 0 Å². The number of carbonyl (C=O) groups excluding carboxylic acids is 1. The Morgan fingerprint density at radius 3 is 2.88 bits per heavy atom. The number of hydrogen-bond acceptors (Lipinski definition) is 6. The summed E-state index contributed by atoms with van der Waals surface area (Å²) in [5, 5.41) is 4.96. The Morgan fingerprint density at radius 1 is 1.50 bits per heavy atom. The molecule has 140 valence electrons. The van der Waals surface area contributed by atoms with E-state index in [1.165, 1.54) is 11.2 Å². The SMILES string of the molecule is C=CC(=O)N1C[C@@H](n2nc(I)c3c(N)ncnc32)C[C@@H]1COC(F)(F)F. The standard InChI is InChI=1S/C14H14F3IN6O2/c1-2-9(25)23-4-7(3-8(23)5-26-14(15,16)17)24-13-10(11(18)22-24)12(19)20-6-21-13/h2,6-8H,1,3-5H2,(H2,19,20,21)/t7-,8+/m0/s1. The van der Waals surface area contributed by atoms with E-state index in [1.54, 1.807) is 4.68 Å². The van der Waals surface area contributed by atoms with Gasteiger partial charge >= 0.3 is 6.36 Å². The zero-order chi connectivity index (χ0) is 19.1. The highest BCUT2D eigenvalue weighted by Crippen LogP contribution is 2.33. The molecule has 2 N–H and O–H groups in total. The maximum atomic E-state index is 12.4. The molecule has 1 aliphatic heterocycles. The number of nitrogens with two attached hydrogens (primary N) is 1. The van der Waals surface area contributed by atoms with Crippen LogP contribution in [0.15, 0.2) is 19.0 Å². The van der Waals surface area contributed by atoms with E-state index in [9.17, 15) is 18.0 Å². The van der Waals surface area contributed by atoms with Crippen molar-refractivity contribution >= 4 is 45.3 Å². The van der Waals surface area contributed by atoms with Gasteiger partial charge in [-0.2, -0.15) is 5.10 Å². The number of nitrogen functional groups attached to an aromatic ring is 1. The van der Waals surface area contributed by atoms with Crippen molar-refractivity contribution in [2.75, 3.05) is 18.9 Å². The molecule has 1 aliphatic rings. The summed E-state index contributed by atoms with van der Waals surface area (Å²) in [5.74, 6) is -0.205. The number of amides is 1. The number of rotatable bonds is 4. The molecule has 2 atom stereocenters. The lowest BCUT2D eigenvalue weighted by Crippen LogP contribution is -2.38. The van der Waals surface area contributed by atoms with Crippen LogP contribution < -0.4 is 5.73 Å². The highest BCUT2D eigenvalue weighted by Gasteiger charge is 2.40. The molecule has 3 heterocycles. The molecule has 0 radical (unpaired) electrons. The third-order valence-corrected chi connectivity index (χ3v) is 4.87. The van der Waals surface area contributed by atoms with Crippen LogP contribution in [0.2, 0.25) is 0 Å². The van der Waals surface area contributed by atoms with E-state index >= 15 is 0 Å². The minimum Gasteiger partial charge on any atom is -0.383 e. The second-order valence-electron chi connectivity index (χ2n) is 5.69. The van der Waals surface area contributed by atoms with Crippen LogP contribution >= 0.6 is 22.6 Å². The molecule has 0 unspecified atom stereocenters. The van der Waals surface area contributed by atoms with E-state index in [2.05, 4.69) is 26.4 Å². The van der Waals surface area contributed by atoms with Crippen molar-refractivity contribution in [1.29, 1.82) is 0 Å². The second kappa shape index (κ2) is 6.98. The Bertz CT molecular complexity index is 855. The molecule has 1 saturated heterocycles. The molecule has 8 nitrogen and oxygen atoms in total. The summed E-state index contributed by atoms with van der Waals surface area (Å²) in [5.41, 5.74) is 6.32. The fraction of sp³-hybridized carbons (Fsp3) is 0.429. The molecule has 2 aromatic rings. The van der Waals surface area contributed by atoms with Crippen LogP contribution in [0.3, 0.4) is 0 Å². The van der Waals surface area contributed by atoms with Crippen LogP contribution in [-0.4, -0.2) is 56.1 Å². The number of alkyl halides is 3. The van der Waals surface area contributed by atoms with Gasteiger partial charge in [-0.05, 0) is 35.1 Å². The average Bonchev–Trinajstić information content (AvgIpc) is 3.14. The fourth-order valence-electron chi connectivity index (χ4n) is 3.01. The van der Waals surface area contributed by atoms with Crippen molar-refractivity contribution in [3.8, 4) is 0 Å². The summed E-state index contributed by atoms with van der Waals surface area (Å²) in [4.78, 5) is 21.4. The first-order valence-corrected chi connectivity index (χ1v) is 8.57. The summed E-state index contributed by atoms with van der Waals surface area (Å²) < 4.78 is 43.3. The van der Waals surface area contributed by atoms with Crippen LogP contribution in [0.4, 0.5) is 19.0 Å². The number of carbonyl (C=O) groups is 1. The van der Waals surface area contributed by atoms with Crippen molar-refractivity contribution in [3.63, 3.8) is 0 Å². The monoisotopic (exact) mass is 482 g/mol. The zero-order valence-corrected chi connectivity index (χ0v) is 15.4. The van der Waals surface area contributed by atoms with Gasteiger partial charge in [0.1, 0.15) is 15.8 Å². The molecular formula is C14H14F3IN6O2. The third kappa shape index (κ3) is 3.60. The molecule has 12 heteroatoms. The molecule has 1 amide bonds. The lowest BCUT2D eigenvalue weighted by Gasteiger charge is -2.23. The predicted octanol–water partition coefficient (Wildman–Crippen LogP) is 1.88. The van der Waals surface area contributed by atoms with Gasteiger partial charge in [-0.15, -0.1) is 13.2 Å². The number of halogens is 4. The number of nitrogens with zero attached hydrogens (tertiary/aromatic N) is 5. The Labute approximate surface area is 159 Å². The highest BCUT2D eigenvalue weighted by atomic mass is 127. The molecule has 3 rings (SSSR count). The maximum Gasteiger partial charge on any atom is 0.522 e. The summed E-state index contributed by atoms with van der Waals surface area (Å²) in [6, 6.07) is -1.13. The van der Waals surface area contributed by atoms with Crippen molar-refractivity contribution < 1.29 is 22.7 Å². The minimum atomic E-state index is -4.77. The quantitative estimate of drug-likeness (QED) is 0.528. The number of hydrogen-bond donors (Lipinski definition) is 1. The Kier molecular flexibility index (Phi) is 5.05. The lowest BCUT2D eigenvalue weighted by atomic mass is 10.2. The predicted molar refractivity (Wildman–Crippen MR) is 93.8 cm³/mol. The van der Waals surface area contributed by atoms with E-state index in [0.717, 1.165) is 6.08 Å². The number of aromatic nitrogens is 4. The van der Waals surface area contributed by atoms with Gasteiger partial charge in [0, 0.05) is 6.54 Å². The second-order valence-corrected chi connectivity index (χ2v) is 6.71. The van der Waals surface area contributed by atoms with E-state index in [-0.39, 0.29) is 24.8 Å². The smallest absolute Gasteiger partial charge is 0.383 e. The molecule has 0 saturated carbocycles. The molecule has 0 spiro atoms. The van der Waals surface area contributed by atoms with Crippen LogP contribution in [0.5, 0.6) is 0 Å². The van der Waals surface area contributed by atoms with Gasteiger partial charge < -0.3 is 10.6 Å². The van der Waals surface area contributed by atoms with Gasteiger partial charge in [0.05, 0.1) is 24.1 Å². The van der Waals surface area contributed by atoms with Crippen LogP contribution in [0.25, 0.3) is 11.0 Å². The Morgan fingerprint density at radius 2 is 2.23 bits per heavy atom. The van der Waals surface area contributed by atoms with Gasteiger partial charge in [0.2, 0.25) is 5.91 Å². The van der Waals surface area contributed by atoms with Gasteiger partial charge in [-0.3, -0.25) is 9.53 Å². The summed E-state index contributed by atoms with van der Waals surface area (Å²) in [6.45, 7) is 2.90. The first-order chi connectivity index (χ1) is 12.2. The van der Waals surface area contributed by atoms with Gasteiger partial charge in [-0.1, -0.05) is 6.58 Å². The molecule has 1 fully saturated rings. The first kappa shape index (κ1) is 18.8. The van der Waals surface area contributed by atoms with E-state index in [4.69, 9.17) is 5.73 Å². The fourth-order valence-corrected chi connectivity index (χ4v) is 3.76. The maximum absolute atomic E-state index is 12.4. The third-order valence-electron chi connectivity index (χ3n) is 4.11. The minimum absolute atomic E-state index is 0.160. The van der Waals surface area contributed by atoms with Gasteiger partial charge in [0.15, 0.2) is 5.65 Å². The van der Waals surface area contributed by atoms with E-state index in [1.807, 2.05) is 22.6 Å². The molecular weight excluding hydrogens is 468 g/mol. The van der Waals surface area contributed by atoms with Crippen LogP contribution in [0, 0.1) is 3.70 Å². The van der Waals surface area contributed by atoms with Crippen LogP contribution in [-0.2, 0) is 9.53 Å². The summed E-state index contributed by atoms with van der Waals surface area (Å²) in [6.07, 6.45) is -2.19. The van der Waals surface area contributed by atoms with Gasteiger partial charge in [0.25, 0.3) is 0 Å². The van der Waals surface area contributed by atoms with E-state index < -0.39 is 24.9 Å². The first-order valence-electron chi connectivity index (χ1n) is 7.49. The number of fused-ring (bicyclic) bond motifs is 1. The van der Waals surface area contributed by atoms with Crippen molar-refractivity contribution in [2.45, 2.75) is 24.9 Å². The largest absolute Gasteiger partial charge is 0.522 e.